The van der Waals surface area contributed by atoms with Gasteiger partial charge in [0, 0.05) is 18.7 Å². The van der Waals surface area contributed by atoms with E-state index in [4.69, 9.17) is 4.42 Å². The molecule has 1 aromatic heterocycles. The molecule has 0 saturated carbocycles. The molecule has 164 valence electrons. The van der Waals surface area contributed by atoms with Crippen LogP contribution in [0.1, 0.15) is 44.4 Å². The zero-order valence-electron chi connectivity index (χ0n) is 18.1. The normalized spacial score (nSPS) is 15.2. The molecular weight excluding hydrogens is 420 g/mol. The van der Waals surface area contributed by atoms with E-state index in [0.29, 0.717) is 16.5 Å². The molecule has 1 aliphatic rings. The summed E-state index contributed by atoms with van der Waals surface area (Å²) in [6.07, 6.45) is 0. The first kappa shape index (κ1) is 20.6. The third kappa shape index (κ3) is 3.38. The van der Waals surface area contributed by atoms with Crippen LogP contribution < -0.4 is 5.43 Å². The van der Waals surface area contributed by atoms with Crippen molar-refractivity contribution < 1.29 is 14.1 Å². The van der Waals surface area contributed by atoms with Crippen molar-refractivity contribution in [2.45, 2.75) is 26.4 Å². The maximum absolute atomic E-state index is 13.7. The Kier molecular flexibility index (Phi) is 4.82. The van der Waals surface area contributed by atoms with E-state index in [-0.39, 0.29) is 29.0 Å². The predicted molar refractivity (Wildman–Crippen MR) is 123 cm³/mol. The van der Waals surface area contributed by atoms with Crippen molar-refractivity contribution in [1.82, 2.24) is 4.90 Å². The summed E-state index contributed by atoms with van der Waals surface area (Å²) in [5.74, 6) is -0.425. The smallest absolute Gasteiger partial charge is 0.291 e. The number of hydrogen-bond donors (Lipinski definition) is 0. The van der Waals surface area contributed by atoms with Crippen LogP contribution in [-0.4, -0.2) is 15.7 Å². The Labute approximate surface area is 189 Å². The van der Waals surface area contributed by atoms with Crippen LogP contribution in [0.3, 0.4) is 0 Å². The van der Waals surface area contributed by atoms with Crippen molar-refractivity contribution in [2.75, 3.05) is 0 Å². The van der Waals surface area contributed by atoms with Gasteiger partial charge in [0.2, 0.25) is 5.76 Å². The van der Waals surface area contributed by atoms with Gasteiger partial charge in [-0.2, -0.15) is 0 Å². The van der Waals surface area contributed by atoms with Crippen LogP contribution in [0.15, 0.2) is 75.9 Å². The van der Waals surface area contributed by atoms with E-state index in [1.807, 2.05) is 44.2 Å². The summed E-state index contributed by atoms with van der Waals surface area (Å²) in [6, 6.07) is 18.2. The molecule has 5 rings (SSSR count). The second-order valence-corrected chi connectivity index (χ2v) is 8.28. The molecular formula is C26H20N2O5. The SMILES string of the molecule is Cc1cc2oc3c(c(=O)c2cc1C)[C@@H](c1cccc([N+](=O)[O-])c1)N(Cc1ccccc1)C3=O. The summed E-state index contributed by atoms with van der Waals surface area (Å²) < 4.78 is 6.01. The minimum Gasteiger partial charge on any atom is -0.450 e. The second-order valence-electron chi connectivity index (χ2n) is 8.28. The van der Waals surface area contributed by atoms with Gasteiger partial charge in [-0.05, 0) is 48.2 Å². The lowest BCUT2D eigenvalue weighted by molar-refractivity contribution is -0.384. The lowest BCUT2D eigenvalue weighted by Gasteiger charge is -2.25. The fraction of sp³-hybridized carbons (Fsp3) is 0.154. The number of carbonyl (C=O) groups is 1. The minimum atomic E-state index is -0.796. The summed E-state index contributed by atoms with van der Waals surface area (Å²) in [4.78, 5) is 39.6. The topological polar surface area (TPSA) is 93.7 Å². The first-order chi connectivity index (χ1) is 15.8. The number of amides is 1. The van der Waals surface area contributed by atoms with Crippen molar-refractivity contribution in [1.29, 1.82) is 0 Å². The first-order valence-corrected chi connectivity index (χ1v) is 10.5. The maximum atomic E-state index is 13.7. The Balaban J connectivity index is 1.76. The number of fused-ring (bicyclic) bond motifs is 2. The highest BCUT2D eigenvalue weighted by Gasteiger charge is 2.43. The molecule has 0 fully saturated rings. The Bertz CT molecular complexity index is 1490. The van der Waals surface area contributed by atoms with Gasteiger partial charge in [-0.1, -0.05) is 42.5 Å². The molecule has 3 aromatic carbocycles. The Hall–Kier alpha value is -4.26. The average Bonchev–Trinajstić information content (AvgIpc) is 3.08. The van der Waals surface area contributed by atoms with E-state index >= 15 is 0 Å². The van der Waals surface area contributed by atoms with E-state index in [9.17, 15) is 19.7 Å². The number of rotatable bonds is 4. The van der Waals surface area contributed by atoms with Crippen LogP contribution >= 0.6 is 0 Å². The second kappa shape index (κ2) is 7.70. The molecule has 0 aliphatic carbocycles. The Morgan fingerprint density at radius 3 is 2.42 bits per heavy atom. The van der Waals surface area contributed by atoms with Gasteiger partial charge >= 0.3 is 0 Å². The van der Waals surface area contributed by atoms with Crippen LogP contribution in [0.4, 0.5) is 5.69 Å². The molecule has 0 saturated heterocycles. The molecule has 0 bridgehead atoms. The van der Waals surface area contributed by atoms with E-state index in [1.54, 1.807) is 29.2 Å². The summed E-state index contributed by atoms with van der Waals surface area (Å²) in [7, 11) is 0. The standard InChI is InChI=1S/C26H20N2O5/c1-15-11-20-21(12-16(15)2)33-25-22(24(20)29)23(18-9-6-10-19(13-18)28(31)32)27(26(25)30)14-17-7-4-3-5-8-17/h3-13,23H,14H2,1-2H3/t23-/m1/s1. The zero-order chi connectivity index (χ0) is 23.3. The Morgan fingerprint density at radius 1 is 0.970 bits per heavy atom. The molecule has 0 radical (unpaired) electrons. The van der Waals surface area contributed by atoms with Gasteiger partial charge in [0.25, 0.3) is 11.6 Å². The van der Waals surface area contributed by atoms with Crippen molar-refractivity contribution in [2.24, 2.45) is 0 Å². The third-order valence-electron chi connectivity index (χ3n) is 6.17. The summed E-state index contributed by atoms with van der Waals surface area (Å²) in [6.45, 7) is 4.05. The monoisotopic (exact) mass is 440 g/mol. The quantitative estimate of drug-likeness (QED) is 0.326. The molecule has 1 atom stereocenters. The van der Waals surface area contributed by atoms with E-state index in [1.165, 1.54) is 12.1 Å². The number of aryl methyl sites for hydroxylation is 2. The van der Waals surface area contributed by atoms with Gasteiger partial charge in [0.1, 0.15) is 5.58 Å². The van der Waals surface area contributed by atoms with Crippen LogP contribution in [0, 0.1) is 24.0 Å². The molecule has 4 aromatic rings. The van der Waals surface area contributed by atoms with E-state index in [2.05, 4.69) is 0 Å². The van der Waals surface area contributed by atoms with Crippen LogP contribution in [0.5, 0.6) is 0 Å². The molecule has 2 heterocycles. The number of hydrogen-bond acceptors (Lipinski definition) is 5. The largest absolute Gasteiger partial charge is 0.450 e. The van der Waals surface area contributed by atoms with Gasteiger partial charge < -0.3 is 9.32 Å². The zero-order valence-corrected chi connectivity index (χ0v) is 18.1. The number of non-ortho nitro benzene ring substituents is 1. The molecule has 0 N–H and O–H groups in total. The maximum Gasteiger partial charge on any atom is 0.291 e. The number of benzene rings is 3. The fourth-order valence-corrected chi connectivity index (χ4v) is 4.37. The van der Waals surface area contributed by atoms with Crippen molar-refractivity contribution in [3.8, 4) is 0 Å². The van der Waals surface area contributed by atoms with Gasteiger partial charge in [-0.25, -0.2) is 0 Å². The number of nitrogens with zero attached hydrogens (tertiary/aromatic N) is 2. The number of nitro groups is 1. The highest BCUT2D eigenvalue weighted by atomic mass is 16.6. The number of carbonyl (C=O) groups excluding carboxylic acids is 1. The molecule has 33 heavy (non-hydrogen) atoms. The van der Waals surface area contributed by atoms with Crippen LogP contribution in [-0.2, 0) is 6.54 Å². The van der Waals surface area contributed by atoms with Gasteiger partial charge in [0.05, 0.1) is 21.9 Å². The highest BCUT2D eigenvalue weighted by Crippen LogP contribution is 2.40. The minimum absolute atomic E-state index is 0.0109. The fourth-order valence-electron chi connectivity index (χ4n) is 4.37. The van der Waals surface area contributed by atoms with Crippen molar-refractivity contribution >= 4 is 22.6 Å². The summed E-state index contributed by atoms with van der Waals surface area (Å²) in [5.41, 5.74) is 3.42. The molecule has 0 spiro atoms. The average molecular weight is 440 g/mol. The lowest BCUT2D eigenvalue weighted by Crippen LogP contribution is -2.29. The highest BCUT2D eigenvalue weighted by molar-refractivity contribution is 5.99. The van der Waals surface area contributed by atoms with Gasteiger partial charge in [-0.3, -0.25) is 19.7 Å². The third-order valence-corrected chi connectivity index (χ3v) is 6.17. The van der Waals surface area contributed by atoms with Crippen molar-refractivity contribution in [3.63, 3.8) is 0 Å². The molecule has 7 heteroatoms. The van der Waals surface area contributed by atoms with Crippen molar-refractivity contribution in [3.05, 3.63) is 121 Å². The van der Waals surface area contributed by atoms with Crippen LogP contribution in [0.25, 0.3) is 11.0 Å². The first-order valence-electron chi connectivity index (χ1n) is 10.5. The predicted octanol–water partition coefficient (Wildman–Crippen LogP) is 5.06. The van der Waals surface area contributed by atoms with Gasteiger partial charge in [-0.15, -0.1) is 0 Å². The van der Waals surface area contributed by atoms with Crippen LogP contribution in [0.2, 0.25) is 0 Å². The summed E-state index contributed by atoms with van der Waals surface area (Å²) >= 11 is 0. The lowest BCUT2D eigenvalue weighted by atomic mass is 9.97. The Morgan fingerprint density at radius 2 is 1.70 bits per heavy atom. The molecule has 0 unspecified atom stereocenters. The molecule has 1 aliphatic heterocycles. The van der Waals surface area contributed by atoms with E-state index < -0.39 is 16.9 Å². The summed E-state index contributed by atoms with van der Waals surface area (Å²) in [5, 5.41) is 11.8. The van der Waals surface area contributed by atoms with E-state index in [0.717, 1.165) is 16.7 Å². The number of nitro benzene ring substituents is 1. The molecule has 1 amide bonds. The molecule has 7 nitrogen and oxygen atoms in total. The van der Waals surface area contributed by atoms with Gasteiger partial charge in [0.15, 0.2) is 5.43 Å².